The second kappa shape index (κ2) is 6.03. The fourth-order valence-corrected chi connectivity index (χ4v) is 2.15. The van der Waals surface area contributed by atoms with Crippen LogP contribution < -0.4 is 5.32 Å². The maximum Gasteiger partial charge on any atom is 0.244 e. The first kappa shape index (κ1) is 13.1. The van der Waals surface area contributed by atoms with Crippen LogP contribution in [-0.4, -0.2) is 23.7 Å². The SMILES string of the molecule is O=C(C=Cc1ccccc1Cl)NCC1CC(O)C1. The maximum absolute atomic E-state index is 11.6. The van der Waals surface area contributed by atoms with Gasteiger partial charge in [0, 0.05) is 17.6 Å². The van der Waals surface area contributed by atoms with Crippen LogP contribution in [0.2, 0.25) is 5.02 Å². The lowest BCUT2D eigenvalue weighted by Gasteiger charge is -2.31. The fourth-order valence-electron chi connectivity index (χ4n) is 1.95. The van der Waals surface area contributed by atoms with Crippen LogP contribution >= 0.6 is 11.6 Å². The largest absolute Gasteiger partial charge is 0.393 e. The summed E-state index contributed by atoms with van der Waals surface area (Å²) in [6, 6.07) is 7.37. The molecule has 96 valence electrons. The Morgan fingerprint density at radius 3 is 2.83 bits per heavy atom. The van der Waals surface area contributed by atoms with Crippen LogP contribution in [0.15, 0.2) is 30.3 Å². The van der Waals surface area contributed by atoms with Crippen molar-refractivity contribution in [2.75, 3.05) is 6.54 Å². The molecular weight excluding hydrogens is 250 g/mol. The highest BCUT2D eigenvalue weighted by Gasteiger charge is 2.26. The summed E-state index contributed by atoms with van der Waals surface area (Å²) < 4.78 is 0. The van der Waals surface area contributed by atoms with Gasteiger partial charge in [0.25, 0.3) is 0 Å². The minimum atomic E-state index is -0.175. The first-order valence-electron chi connectivity index (χ1n) is 6.03. The van der Waals surface area contributed by atoms with Gasteiger partial charge >= 0.3 is 0 Å². The summed E-state index contributed by atoms with van der Waals surface area (Å²) in [5, 5.41) is 12.6. The van der Waals surface area contributed by atoms with Crippen molar-refractivity contribution >= 4 is 23.6 Å². The average molecular weight is 266 g/mol. The quantitative estimate of drug-likeness (QED) is 0.821. The van der Waals surface area contributed by atoms with E-state index in [1.165, 1.54) is 6.08 Å². The highest BCUT2D eigenvalue weighted by molar-refractivity contribution is 6.32. The molecule has 1 aromatic carbocycles. The normalized spacial score (nSPS) is 22.8. The number of carbonyl (C=O) groups is 1. The minimum Gasteiger partial charge on any atom is -0.393 e. The molecule has 1 aromatic rings. The van der Waals surface area contributed by atoms with E-state index in [0.717, 1.165) is 18.4 Å². The molecule has 1 aliphatic carbocycles. The van der Waals surface area contributed by atoms with Crippen molar-refractivity contribution in [2.24, 2.45) is 5.92 Å². The molecule has 1 amide bonds. The molecule has 0 aliphatic heterocycles. The number of amides is 1. The van der Waals surface area contributed by atoms with Gasteiger partial charge in [-0.3, -0.25) is 4.79 Å². The second-order valence-corrected chi connectivity index (χ2v) is 5.00. The van der Waals surface area contributed by atoms with Gasteiger partial charge in [-0.05, 0) is 36.5 Å². The average Bonchev–Trinajstić information content (AvgIpc) is 2.32. The van der Waals surface area contributed by atoms with Gasteiger partial charge in [-0.1, -0.05) is 29.8 Å². The highest BCUT2D eigenvalue weighted by Crippen LogP contribution is 2.26. The molecule has 0 saturated heterocycles. The number of hydrogen-bond donors (Lipinski definition) is 2. The third-order valence-corrected chi connectivity index (χ3v) is 3.44. The van der Waals surface area contributed by atoms with Crippen molar-refractivity contribution in [2.45, 2.75) is 18.9 Å². The first-order valence-corrected chi connectivity index (χ1v) is 6.41. The number of nitrogens with one attached hydrogen (secondary N) is 1. The fraction of sp³-hybridized carbons (Fsp3) is 0.357. The number of halogens is 1. The lowest BCUT2D eigenvalue weighted by atomic mass is 9.82. The Labute approximate surface area is 111 Å². The van der Waals surface area contributed by atoms with Gasteiger partial charge in [0.2, 0.25) is 5.91 Å². The molecule has 1 saturated carbocycles. The summed E-state index contributed by atoms with van der Waals surface area (Å²) in [6.07, 6.45) is 4.58. The molecule has 4 heteroatoms. The molecule has 2 N–H and O–H groups in total. The highest BCUT2D eigenvalue weighted by atomic mass is 35.5. The third kappa shape index (κ3) is 3.59. The molecule has 3 nitrogen and oxygen atoms in total. The number of carbonyl (C=O) groups excluding carboxylic acids is 1. The maximum atomic E-state index is 11.6. The molecular formula is C14H16ClNO2. The molecule has 2 rings (SSSR count). The molecule has 0 unspecified atom stereocenters. The zero-order valence-electron chi connectivity index (χ0n) is 9.97. The number of hydrogen-bond acceptors (Lipinski definition) is 2. The third-order valence-electron chi connectivity index (χ3n) is 3.10. The minimum absolute atomic E-state index is 0.128. The Balaban J connectivity index is 1.78. The topological polar surface area (TPSA) is 49.3 Å². The van der Waals surface area contributed by atoms with E-state index in [2.05, 4.69) is 5.32 Å². The van der Waals surface area contributed by atoms with Crippen LogP contribution in [0.1, 0.15) is 18.4 Å². The van der Waals surface area contributed by atoms with E-state index in [1.807, 2.05) is 18.2 Å². The predicted octanol–water partition coefficient (Wildman–Crippen LogP) is 2.24. The van der Waals surface area contributed by atoms with E-state index < -0.39 is 0 Å². The number of aliphatic hydroxyl groups excluding tert-OH is 1. The Bertz CT molecular complexity index is 453. The van der Waals surface area contributed by atoms with Crippen LogP contribution in [0.4, 0.5) is 0 Å². The summed E-state index contributed by atoms with van der Waals surface area (Å²) in [5.74, 6) is 0.286. The Morgan fingerprint density at radius 2 is 2.17 bits per heavy atom. The molecule has 1 aliphatic rings. The van der Waals surface area contributed by atoms with E-state index >= 15 is 0 Å². The van der Waals surface area contributed by atoms with Crippen LogP contribution in [0, 0.1) is 5.92 Å². The Morgan fingerprint density at radius 1 is 1.44 bits per heavy atom. The van der Waals surface area contributed by atoms with Crippen molar-refractivity contribution < 1.29 is 9.90 Å². The standard InChI is InChI=1S/C14H16ClNO2/c15-13-4-2-1-3-11(13)5-6-14(18)16-9-10-7-12(17)8-10/h1-6,10,12,17H,7-9H2,(H,16,18). The van der Waals surface area contributed by atoms with E-state index in [4.69, 9.17) is 16.7 Å². The van der Waals surface area contributed by atoms with Gasteiger partial charge in [-0.2, -0.15) is 0 Å². The Kier molecular flexibility index (Phi) is 4.39. The van der Waals surface area contributed by atoms with Gasteiger partial charge < -0.3 is 10.4 Å². The van der Waals surface area contributed by atoms with Crippen molar-refractivity contribution in [1.29, 1.82) is 0 Å². The first-order chi connectivity index (χ1) is 8.65. The summed E-state index contributed by atoms with van der Waals surface area (Å²) in [5.41, 5.74) is 0.827. The van der Waals surface area contributed by atoms with Gasteiger partial charge in [-0.25, -0.2) is 0 Å². The molecule has 0 heterocycles. The molecule has 0 atom stereocenters. The van der Waals surface area contributed by atoms with Crippen LogP contribution in [0.25, 0.3) is 6.08 Å². The predicted molar refractivity (Wildman–Crippen MR) is 72.2 cm³/mol. The van der Waals surface area contributed by atoms with Crippen molar-refractivity contribution in [3.63, 3.8) is 0 Å². The van der Waals surface area contributed by atoms with E-state index in [1.54, 1.807) is 12.1 Å². The molecule has 0 bridgehead atoms. The van der Waals surface area contributed by atoms with Crippen LogP contribution in [0.3, 0.4) is 0 Å². The zero-order valence-corrected chi connectivity index (χ0v) is 10.7. The van der Waals surface area contributed by atoms with Crippen molar-refractivity contribution in [1.82, 2.24) is 5.32 Å². The summed E-state index contributed by atoms with van der Waals surface area (Å²) >= 11 is 5.97. The summed E-state index contributed by atoms with van der Waals surface area (Å²) in [4.78, 5) is 11.6. The van der Waals surface area contributed by atoms with E-state index in [9.17, 15) is 4.79 Å². The molecule has 0 spiro atoms. The number of rotatable bonds is 4. The van der Waals surface area contributed by atoms with E-state index in [0.29, 0.717) is 17.5 Å². The van der Waals surface area contributed by atoms with E-state index in [-0.39, 0.29) is 12.0 Å². The number of benzene rings is 1. The Hall–Kier alpha value is -1.32. The second-order valence-electron chi connectivity index (χ2n) is 4.59. The lowest BCUT2D eigenvalue weighted by Crippen LogP contribution is -2.37. The van der Waals surface area contributed by atoms with Crippen LogP contribution in [0.5, 0.6) is 0 Å². The zero-order chi connectivity index (χ0) is 13.0. The van der Waals surface area contributed by atoms with Gasteiger partial charge in [-0.15, -0.1) is 0 Å². The van der Waals surface area contributed by atoms with Gasteiger partial charge in [0.15, 0.2) is 0 Å². The molecule has 0 radical (unpaired) electrons. The number of aliphatic hydroxyl groups is 1. The lowest BCUT2D eigenvalue weighted by molar-refractivity contribution is -0.117. The van der Waals surface area contributed by atoms with Crippen molar-refractivity contribution in [3.05, 3.63) is 40.9 Å². The van der Waals surface area contributed by atoms with Gasteiger partial charge in [0.05, 0.1) is 6.10 Å². The van der Waals surface area contributed by atoms with Crippen molar-refractivity contribution in [3.8, 4) is 0 Å². The summed E-state index contributed by atoms with van der Waals surface area (Å²) in [6.45, 7) is 0.628. The smallest absolute Gasteiger partial charge is 0.244 e. The molecule has 18 heavy (non-hydrogen) atoms. The monoisotopic (exact) mass is 265 g/mol. The van der Waals surface area contributed by atoms with Crippen LogP contribution in [-0.2, 0) is 4.79 Å². The molecule has 1 fully saturated rings. The summed E-state index contributed by atoms with van der Waals surface area (Å²) in [7, 11) is 0. The van der Waals surface area contributed by atoms with Gasteiger partial charge in [0.1, 0.15) is 0 Å². The molecule has 0 aromatic heterocycles.